The summed E-state index contributed by atoms with van der Waals surface area (Å²) in [7, 11) is 0. The molecule has 0 unspecified atom stereocenters. The van der Waals surface area contributed by atoms with Crippen LogP contribution in [0.4, 0.5) is 4.39 Å². The molecule has 0 saturated heterocycles. The van der Waals surface area contributed by atoms with Crippen molar-refractivity contribution in [2.75, 3.05) is 0 Å². The number of nitrogens with one attached hydrogen (secondary N) is 1. The molecule has 1 amide bonds. The minimum atomic E-state index is -0.458. The van der Waals surface area contributed by atoms with Gasteiger partial charge in [-0.05, 0) is 46.9 Å². The zero-order chi connectivity index (χ0) is 19.7. The second kappa shape index (κ2) is 7.61. The number of amides is 1. The number of amidine groups is 2. The van der Waals surface area contributed by atoms with Gasteiger partial charge in [-0.25, -0.2) is 4.39 Å². The molecule has 8 heteroatoms. The number of thioether (sulfide) groups is 1. The van der Waals surface area contributed by atoms with E-state index in [0.717, 1.165) is 5.56 Å². The molecule has 0 aromatic heterocycles. The first-order valence-corrected chi connectivity index (χ1v) is 9.50. The van der Waals surface area contributed by atoms with Crippen molar-refractivity contribution in [1.29, 1.82) is 5.41 Å². The zero-order valence-electron chi connectivity index (χ0n) is 14.4. The van der Waals surface area contributed by atoms with Crippen molar-refractivity contribution in [3.63, 3.8) is 0 Å². The molecule has 4 rings (SSSR count). The number of fused-ring (bicyclic) bond motifs is 1. The Labute approximate surface area is 169 Å². The molecule has 0 atom stereocenters. The molecule has 0 aliphatic carbocycles. The first-order chi connectivity index (χ1) is 13.5. The maximum absolute atomic E-state index is 13.0. The highest BCUT2D eigenvalue weighted by molar-refractivity contribution is 8.16. The Morgan fingerprint density at radius 2 is 2.04 bits per heavy atom. The van der Waals surface area contributed by atoms with Crippen LogP contribution in [0.25, 0.3) is 6.08 Å². The second-order valence-electron chi connectivity index (χ2n) is 5.98. The molecule has 140 valence electrons. The van der Waals surface area contributed by atoms with Gasteiger partial charge in [-0.2, -0.15) is 4.99 Å². The number of hydrogen-bond donors (Lipinski definition) is 1. The average molecular weight is 414 g/mol. The minimum absolute atomic E-state index is 0.0732. The van der Waals surface area contributed by atoms with Gasteiger partial charge in [0.2, 0.25) is 0 Å². The summed E-state index contributed by atoms with van der Waals surface area (Å²) in [6.07, 6.45) is 3.28. The number of nitrogens with zero attached hydrogens (tertiary/aromatic N) is 2. The summed E-state index contributed by atoms with van der Waals surface area (Å²) < 4.78 is 18.6. The van der Waals surface area contributed by atoms with E-state index >= 15 is 0 Å². The highest BCUT2D eigenvalue weighted by Crippen LogP contribution is 2.30. The lowest BCUT2D eigenvalue weighted by Crippen LogP contribution is -2.35. The molecule has 2 heterocycles. The van der Waals surface area contributed by atoms with E-state index in [2.05, 4.69) is 4.99 Å². The van der Waals surface area contributed by atoms with Crippen molar-refractivity contribution in [3.8, 4) is 5.75 Å². The zero-order valence-corrected chi connectivity index (χ0v) is 15.9. The molecule has 0 bridgehead atoms. The molecule has 0 spiro atoms. The van der Waals surface area contributed by atoms with Crippen LogP contribution < -0.4 is 4.74 Å². The van der Waals surface area contributed by atoms with Crippen LogP contribution in [0.1, 0.15) is 11.1 Å². The number of hydrogen-bond acceptors (Lipinski definition) is 4. The van der Waals surface area contributed by atoms with Crippen LogP contribution in [0.2, 0.25) is 5.02 Å². The number of carbonyl (C=O) groups excluding carboxylic acids is 1. The number of aliphatic imine (C=N–C) groups is 1. The Morgan fingerprint density at radius 1 is 1.25 bits per heavy atom. The van der Waals surface area contributed by atoms with Crippen LogP contribution in [-0.4, -0.2) is 21.8 Å². The Hall–Kier alpha value is -2.90. The lowest BCUT2D eigenvalue weighted by molar-refractivity contribution is -0.114. The number of ether oxygens (including phenoxy) is 1. The predicted octanol–water partition coefficient (Wildman–Crippen LogP) is 4.83. The quantitative estimate of drug-likeness (QED) is 0.729. The van der Waals surface area contributed by atoms with Gasteiger partial charge in [0.25, 0.3) is 5.91 Å². The van der Waals surface area contributed by atoms with Gasteiger partial charge in [0.15, 0.2) is 5.17 Å². The van der Waals surface area contributed by atoms with Crippen LogP contribution in [0, 0.1) is 11.2 Å². The summed E-state index contributed by atoms with van der Waals surface area (Å²) in [5.41, 5.74) is 1.66. The fourth-order valence-corrected chi connectivity index (χ4v) is 3.61. The summed E-state index contributed by atoms with van der Waals surface area (Å²) in [5, 5.41) is 10.9. The number of halogens is 2. The first-order valence-electron chi connectivity index (χ1n) is 8.24. The van der Waals surface area contributed by atoms with Crippen LogP contribution in [0.15, 0.2) is 64.6 Å². The van der Waals surface area contributed by atoms with Gasteiger partial charge in [0, 0.05) is 6.20 Å². The molecule has 2 aliphatic heterocycles. The van der Waals surface area contributed by atoms with Gasteiger partial charge in [-0.1, -0.05) is 41.6 Å². The normalized spacial score (nSPS) is 17.1. The average Bonchev–Trinajstić information content (AvgIpc) is 3.14. The van der Waals surface area contributed by atoms with E-state index < -0.39 is 5.91 Å². The number of rotatable bonds is 4. The van der Waals surface area contributed by atoms with Crippen molar-refractivity contribution in [1.82, 2.24) is 4.90 Å². The third-order valence-corrected chi connectivity index (χ3v) is 5.14. The van der Waals surface area contributed by atoms with Gasteiger partial charge in [0.1, 0.15) is 24.0 Å². The van der Waals surface area contributed by atoms with E-state index in [0.29, 0.717) is 21.5 Å². The number of carbonyl (C=O) groups is 1. The van der Waals surface area contributed by atoms with Crippen LogP contribution >= 0.6 is 23.4 Å². The summed E-state index contributed by atoms with van der Waals surface area (Å²) in [6.45, 7) is 0.250. The fraction of sp³-hybridized carbons (Fsp3) is 0.0500. The predicted molar refractivity (Wildman–Crippen MR) is 109 cm³/mol. The van der Waals surface area contributed by atoms with Crippen molar-refractivity contribution in [2.24, 2.45) is 4.99 Å². The van der Waals surface area contributed by atoms with Crippen molar-refractivity contribution in [3.05, 3.63) is 81.6 Å². The molecule has 0 fully saturated rings. The van der Waals surface area contributed by atoms with Crippen molar-refractivity contribution < 1.29 is 13.9 Å². The van der Waals surface area contributed by atoms with Crippen molar-refractivity contribution >= 4 is 46.3 Å². The molecule has 5 nitrogen and oxygen atoms in total. The lowest BCUT2D eigenvalue weighted by Gasteiger charge is -2.22. The summed E-state index contributed by atoms with van der Waals surface area (Å²) in [5.74, 6) is -0.219. The van der Waals surface area contributed by atoms with Crippen LogP contribution in [0.3, 0.4) is 0 Å². The van der Waals surface area contributed by atoms with E-state index in [4.69, 9.17) is 21.7 Å². The van der Waals surface area contributed by atoms with E-state index in [1.807, 2.05) is 0 Å². The Balaban J connectivity index is 1.52. The summed E-state index contributed by atoms with van der Waals surface area (Å²) in [6, 6.07) is 11.1. The largest absolute Gasteiger partial charge is 0.487 e. The monoisotopic (exact) mass is 413 g/mol. The maximum Gasteiger partial charge on any atom is 0.283 e. The van der Waals surface area contributed by atoms with Gasteiger partial charge in [-0.3, -0.25) is 15.1 Å². The Bertz CT molecular complexity index is 1060. The molecule has 1 N–H and O–H groups in total. The van der Waals surface area contributed by atoms with E-state index in [1.54, 1.807) is 52.9 Å². The van der Waals surface area contributed by atoms with Gasteiger partial charge in [0.05, 0.1) is 10.6 Å². The highest BCUT2D eigenvalue weighted by atomic mass is 35.5. The van der Waals surface area contributed by atoms with Crippen LogP contribution in [-0.2, 0) is 11.4 Å². The number of benzene rings is 2. The van der Waals surface area contributed by atoms with E-state index in [9.17, 15) is 9.18 Å². The fourth-order valence-electron chi connectivity index (χ4n) is 2.66. The SMILES string of the molecule is N=C1/C(=C/c2ccc(OCc3ccc(F)cc3)c(Cl)c2)C(=O)N=C2SC=CN12. The maximum atomic E-state index is 13.0. The van der Waals surface area contributed by atoms with Gasteiger partial charge >= 0.3 is 0 Å². The molecule has 2 aliphatic rings. The van der Waals surface area contributed by atoms with Crippen LogP contribution in [0.5, 0.6) is 5.75 Å². The third-order valence-electron chi connectivity index (χ3n) is 4.09. The highest BCUT2D eigenvalue weighted by Gasteiger charge is 2.30. The lowest BCUT2D eigenvalue weighted by atomic mass is 10.1. The Morgan fingerprint density at radius 3 is 2.79 bits per heavy atom. The molecule has 0 saturated carbocycles. The molecule has 2 aromatic rings. The third kappa shape index (κ3) is 3.72. The molecular formula is C20H13ClFN3O2S. The Kier molecular flexibility index (Phi) is 5.02. The summed E-state index contributed by atoms with van der Waals surface area (Å²) >= 11 is 7.59. The smallest absolute Gasteiger partial charge is 0.283 e. The van der Waals surface area contributed by atoms with E-state index in [1.165, 1.54) is 23.9 Å². The van der Waals surface area contributed by atoms with Gasteiger partial charge in [-0.15, -0.1) is 0 Å². The van der Waals surface area contributed by atoms with Gasteiger partial charge < -0.3 is 4.74 Å². The topological polar surface area (TPSA) is 65.8 Å². The van der Waals surface area contributed by atoms with Crippen molar-refractivity contribution in [2.45, 2.75) is 6.61 Å². The molecular weight excluding hydrogens is 401 g/mol. The first kappa shape index (κ1) is 18.5. The minimum Gasteiger partial charge on any atom is -0.487 e. The molecule has 0 radical (unpaired) electrons. The second-order valence-corrected chi connectivity index (χ2v) is 7.26. The standard InChI is InChI=1S/C20H13ClFN3O2S/c21-16-10-13(3-6-17(16)27-11-12-1-4-14(22)5-2-12)9-15-18(23)25-7-8-28-20(25)24-19(15)26/h1-10,23H,11H2/b15-9-,23-18?. The molecule has 28 heavy (non-hydrogen) atoms. The summed E-state index contributed by atoms with van der Waals surface area (Å²) in [4.78, 5) is 17.8. The molecule has 2 aromatic carbocycles. The van der Waals surface area contributed by atoms with E-state index in [-0.39, 0.29) is 23.8 Å².